The van der Waals surface area contributed by atoms with Gasteiger partial charge in [0.25, 0.3) is 0 Å². The summed E-state index contributed by atoms with van der Waals surface area (Å²) in [7, 11) is -1.44. The Morgan fingerprint density at radius 3 is 2.74 bits per heavy atom. The smallest absolute Gasteiger partial charge is 0.240 e. The lowest BCUT2D eigenvalue weighted by Gasteiger charge is -2.16. The number of halogens is 1. The molecule has 7 heteroatoms. The van der Waals surface area contributed by atoms with Crippen molar-refractivity contribution in [2.45, 2.75) is 23.8 Å². The number of anilines is 1. The molecule has 1 aliphatic rings. The highest BCUT2D eigenvalue weighted by Gasteiger charge is 2.25. The predicted octanol–water partition coefficient (Wildman–Crippen LogP) is 1.40. The first-order valence-corrected chi connectivity index (χ1v) is 8.43. The van der Waals surface area contributed by atoms with E-state index in [1.807, 2.05) is 7.05 Å². The lowest BCUT2D eigenvalue weighted by atomic mass is 10.3. The fourth-order valence-electron chi connectivity index (χ4n) is 1.81. The minimum Gasteiger partial charge on any atom is -0.398 e. The van der Waals surface area contributed by atoms with Gasteiger partial charge in [0, 0.05) is 29.3 Å². The number of benzene rings is 1. The molecule has 1 fully saturated rings. The maximum absolute atomic E-state index is 12.1. The Labute approximate surface area is 122 Å². The highest BCUT2D eigenvalue weighted by Crippen LogP contribution is 2.25. The van der Waals surface area contributed by atoms with Crippen LogP contribution in [0.4, 0.5) is 5.69 Å². The summed E-state index contributed by atoms with van der Waals surface area (Å²) in [4.78, 5) is 2.41. The highest BCUT2D eigenvalue weighted by molar-refractivity contribution is 9.10. The van der Waals surface area contributed by atoms with Gasteiger partial charge in [0.15, 0.2) is 0 Å². The van der Waals surface area contributed by atoms with E-state index in [4.69, 9.17) is 5.73 Å². The van der Waals surface area contributed by atoms with E-state index in [1.165, 1.54) is 25.0 Å². The molecular weight excluding hydrogens is 330 g/mol. The lowest BCUT2D eigenvalue weighted by molar-refractivity contribution is 0.329. The number of nitrogens with zero attached hydrogens (tertiary/aromatic N) is 1. The molecule has 1 saturated carbocycles. The van der Waals surface area contributed by atoms with Crippen LogP contribution in [-0.2, 0) is 10.0 Å². The van der Waals surface area contributed by atoms with Gasteiger partial charge in [-0.15, -0.1) is 0 Å². The molecule has 0 spiro atoms. The van der Waals surface area contributed by atoms with Gasteiger partial charge in [-0.05, 0) is 54.0 Å². The first-order valence-electron chi connectivity index (χ1n) is 6.15. The summed E-state index contributed by atoms with van der Waals surface area (Å²) in [6, 6.07) is 5.24. The van der Waals surface area contributed by atoms with Crippen LogP contribution in [0.3, 0.4) is 0 Å². The standard InChI is InChI=1S/C12H18BrN3O2S/c1-16(9-2-3-9)7-6-15-19(17,18)10-4-5-12(14)11(13)8-10/h4-5,8-9,15H,2-3,6-7,14H2,1H3. The summed E-state index contributed by atoms with van der Waals surface area (Å²) in [6.07, 6.45) is 2.43. The molecule has 1 aromatic carbocycles. The zero-order valence-electron chi connectivity index (χ0n) is 10.8. The molecular formula is C12H18BrN3O2S. The van der Waals surface area contributed by atoms with E-state index in [1.54, 1.807) is 6.07 Å². The van der Waals surface area contributed by atoms with Gasteiger partial charge >= 0.3 is 0 Å². The van der Waals surface area contributed by atoms with E-state index in [0.717, 1.165) is 6.54 Å². The molecule has 0 aliphatic heterocycles. The topological polar surface area (TPSA) is 75.4 Å². The number of nitrogens with two attached hydrogens (primary N) is 1. The number of hydrogen-bond donors (Lipinski definition) is 2. The van der Waals surface area contributed by atoms with Gasteiger partial charge in [-0.25, -0.2) is 13.1 Å². The minimum absolute atomic E-state index is 0.225. The summed E-state index contributed by atoms with van der Waals surface area (Å²) < 4.78 is 27.3. The van der Waals surface area contributed by atoms with Crippen LogP contribution in [0.5, 0.6) is 0 Å². The Morgan fingerprint density at radius 1 is 1.47 bits per heavy atom. The SMILES string of the molecule is CN(CCNS(=O)(=O)c1ccc(N)c(Br)c1)C1CC1. The zero-order chi connectivity index (χ0) is 14.0. The number of hydrogen-bond acceptors (Lipinski definition) is 4. The average Bonchev–Trinajstić information content (AvgIpc) is 3.16. The second-order valence-electron chi connectivity index (χ2n) is 4.79. The maximum Gasteiger partial charge on any atom is 0.240 e. The van der Waals surface area contributed by atoms with Gasteiger partial charge in [0.2, 0.25) is 10.0 Å². The van der Waals surface area contributed by atoms with Crippen LogP contribution in [0.2, 0.25) is 0 Å². The Morgan fingerprint density at radius 2 is 2.16 bits per heavy atom. The molecule has 0 heterocycles. The molecule has 0 atom stereocenters. The van der Waals surface area contributed by atoms with Crippen molar-refractivity contribution in [1.29, 1.82) is 0 Å². The van der Waals surface area contributed by atoms with E-state index >= 15 is 0 Å². The van der Waals surface area contributed by atoms with Crippen molar-refractivity contribution in [1.82, 2.24) is 9.62 Å². The summed E-state index contributed by atoms with van der Waals surface area (Å²) in [6.45, 7) is 1.14. The van der Waals surface area contributed by atoms with Gasteiger partial charge in [-0.3, -0.25) is 0 Å². The monoisotopic (exact) mass is 347 g/mol. The quantitative estimate of drug-likeness (QED) is 0.762. The van der Waals surface area contributed by atoms with Crippen molar-refractivity contribution in [3.05, 3.63) is 22.7 Å². The van der Waals surface area contributed by atoms with Crippen molar-refractivity contribution >= 4 is 31.6 Å². The number of nitrogen functional groups attached to an aromatic ring is 1. The molecule has 0 aromatic heterocycles. The molecule has 3 N–H and O–H groups in total. The number of likely N-dealkylation sites (N-methyl/N-ethyl adjacent to an activating group) is 1. The molecule has 5 nitrogen and oxygen atoms in total. The molecule has 106 valence electrons. The van der Waals surface area contributed by atoms with Gasteiger partial charge in [0.1, 0.15) is 0 Å². The van der Waals surface area contributed by atoms with Crippen molar-refractivity contribution in [2.24, 2.45) is 0 Å². The Bertz CT molecular complexity index is 558. The summed E-state index contributed by atoms with van der Waals surface area (Å²) in [5, 5.41) is 0. The van der Waals surface area contributed by atoms with Gasteiger partial charge in [-0.1, -0.05) is 0 Å². The Balaban J connectivity index is 1.95. The molecule has 0 radical (unpaired) electrons. The van der Waals surface area contributed by atoms with Crippen LogP contribution in [0.15, 0.2) is 27.6 Å². The third kappa shape index (κ3) is 3.92. The van der Waals surface area contributed by atoms with Crippen molar-refractivity contribution in [2.75, 3.05) is 25.9 Å². The highest BCUT2D eigenvalue weighted by atomic mass is 79.9. The number of sulfonamides is 1. The summed E-state index contributed by atoms with van der Waals surface area (Å²) >= 11 is 3.23. The summed E-state index contributed by atoms with van der Waals surface area (Å²) in [5.74, 6) is 0. The predicted molar refractivity (Wildman–Crippen MR) is 79.4 cm³/mol. The minimum atomic E-state index is -3.46. The third-order valence-corrected chi connectivity index (χ3v) is 5.35. The Kier molecular flexibility index (Phi) is 4.50. The molecule has 2 rings (SSSR count). The Hall–Kier alpha value is -0.630. The maximum atomic E-state index is 12.1. The average molecular weight is 348 g/mol. The van der Waals surface area contributed by atoms with Crippen LogP contribution < -0.4 is 10.5 Å². The van der Waals surface area contributed by atoms with Gasteiger partial charge in [-0.2, -0.15) is 0 Å². The molecule has 1 aliphatic carbocycles. The first-order chi connectivity index (χ1) is 8.90. The lowest BCUT2D eigenvalue weighted by Crippen LogP contribution is -2.34. The molecule has 0 amide bonds. The zero-order valence-corrected chi connectivity index (χ0v) is 13.2. The number of nitrogens with one attached hydrogen (secondary N) is 1. The largest absolute Gasteiger partial charge is 0.398 e. The normalized spacial score (nSPS) is 15.9. The first kappa shape index (κ1) is 14.8. The van der Waals surface area contributed by atoms with Crippen LogP contribution in [0.25, 0.3) is 0 Å². The molecule has 0 saturated heterocycles. The van der Waals surface area contributed by atoms with Crippen molar-refractivity contribution in [3.63, 3.8) is 0 Å². The van der Waals surface area contributed by atoms with E-state index < -0.39 is 10.0 Å². The van der Waals surface area contributed by atoms with Gasteiger partial charge < -0.3 is 10.6 Å². The van der Waals surface area contributed by atoms with Crippen molar-refractivity contribution < 1.29 is 8.42 Å². The van der Waals surface area contributed by atoms with Crippen LogP contribution in [0.1, 0.15) is 12.8 Å². The van der Waals surface area contributed by atoms with E-state index in [2.05, 4.69) is 25.6 Å². The second-order valence-corrected chi connectivity index (χ2v) is 7.41. The number of rotatable bonds is 6. The third-order valence-electron chi connectivity index (χ3n) is 3.21. The fourth-order valence-corrected chi connectivity index (χ4v) is 3.39. The van der Waals surface area contributed by atoms with Crippen LogP contribution in [-0.4, -0.2) is 39.5 Å². The summed E-state index contributed by atoms with van der Waals surface area (Å²) in [5.41, 5.74) is 6.16. The van der Waals surface area contributed by atoms with E-state index in [9.17, 15) is 8.42 Å². The fraction of sp³-hybridized carbons (Fsp3) is 0.500. The van der Waals surface area contributed by atoms with E-state index in [-0.39, 0.29) is 4.90 Å². The van der Waals surface area contributed by atoms with Crippen LogP contribution in [0, 0.1) is 0 Å². The van der Waals surface area contributed by atoms with Crippen molar-refractivity contribution in [3.8, 4) is 0 Å². The molecule has 0 bridgehead atoms. The van der Waals surface area contributed by atoms with Gasteiger partial charge in [0.05, 0.1) is 4.90 Å². The molecule has 0 unspecified atom stereocenters. The molecule has 19 heavy (non-hydrogen) atoms. The van der Waals surface area contributed by atoms with Crippen LogP contribution >= 0.6 is 15.9 Å². The van der Waals surface area contributed by atoms with E-state index in [0.29, 0.717) is 22.7 Å². The molecule has 1 aromatic rings. The second kappa shape index (κ2) is 5.78.